The fourth-order valence-corrected chi connectivity index (χ4v) is 2.59. The van der Waals surface area contributed by atoms with E-state index in [2.05, 4.69) is 22.0 Å². The Morgan fingerprint density at radius 3 is 2.83 bits per heavy atom. The minimum atomic E-state index is -0.0836. The average Bonchev–Trinajstić information content (AvgIpc) is 2.86. The molecule has 0 aliphatic rings. The van der Waals surface area contributed by atoms with Crippen molar-refractivity contribution >= 4 is 22.9 Å². The highest BCUT2D eigenvalue weighted by Gasteiger charge is 2.15. The molecular formula is C19H26N2O2. The van der Waals surface area contributed by atoms with Gasteiger partial charge in [-0.15, -0.1) is 0 Å². The quantitative estimate of drug-likeness (QED) is 0.609. The number of nitrogens with zero attached hydrogens (tertiary/aromatic N) is 1. The number of amides is 1. The van der Waals surface area contributed by atoms with Gasteiger partial charge in [0.25, 0.3) is 0 Å². The lowest BCUT2D eigenvalue weighted by Crippen LogP contribution is -2.24. The molecular weight excluding hydrogens is 288 g/mol. The molecule has 0 spiro atoms. The molecule has 1 heterocycles. The number of para-hydroxylation sites is 1. The summed E-state index contributed by atoms with van der Waals surface area (Å²) in [5, 5.41) is 13.2. The maximum absolute atomic E-state index is 11.9. The highest BCUT2D eigenvalue weighted by molar-refractivity contribution is 5.96. The monoisotopic (exact) mass is 314 g/mol. The van der Waals surface area contributed by atoms with Gasteiger partial charge in [-0.1, -0.05) is 32.0 Å². The van der Waals surface area contributed by atoms with Crippen molar-refractivity contribution in [3.8, 4) is 0 Å². The smallest absolute Gasteiger partial charge is 0.244 e. The number of carbonyl (C=O) groups is 1. The molecule has 23 heavy (non-hydrogen) atoms. The standard InChI is InChI=1S/C19H26N2O2/c1-19(2,14-22)11-6-12-20-18(23)10-9-15-13-21(3)17-8-5-4-7-16(15)17/h4-5,7-10,13,22H,6,11-12,14H2,1-3H3,(H,20,23)/b10-9+. The second-order valence-corrected chi connectivity index (χ2v) is 6.76. The Morgan fingerprint density at radius 2 is 2.09 bits per heavy atom. The van der Waals surface area contributed by atoms with Crippen LogP contribution < -0.4 is 5.32 Å². The number of hydrogen-bond donors (Lipinski definition) is 2. The summed E-state index contributed by atoms with van der Waals surface area (Å²) in [5.41, 5.74) is 2.11. The molecule has 1 aromatic carbocycles. The number of hydrogen-bond acceptors (Lipinski definition) is 2. The molecule has 4 heteroatoms. The Morgan fingerprint density at radius 1 is 1.35 bits per heavy atom. The predicted octanol–water partition coefficient (Wildman–Crippen LogP) is 3.11. The van der Waals surface area contributed by atoms with E-state index >= 15 is 0 Å². The van der Waals surface area contributed by atoms with Gasteiger partial charge >= 0.3 is 0 Å². The zero-order valence-electron chi connectivity index (χ0n) is 14.2. The van der Waals surface area contributed by atoms with Gasteiger partial charge in [-0.2, -0.15) is 0 Å². The molecule has 1 amide bonds. The molecule has 0 aliphatic carbocycles. The Bertz CT molecular complexity index is 698. The predicted molar refractivity (Wildman–Crippen MR) is 95.1 cm³/mol. The van der Waals surface area contributed by atoms with Crippen LogP contribution in [0, 0.1) is 5.41 Å². The van der Waals surface area contributed by atoms with Crippen molar-refractivity contribution in [2.75, 3.05) is 13.2 Å². The normalized spacial score (nSPS) is 12.2. The van der Waals surface area contributed by atoms with E-state index in [4.69, 9.17) is 0 Å². The van der Waals surface area contributed by atoms with E-state index in [0.717, 1.165) is 29.3 Å². The summed E-state index contributed by atoms with van der Waals surface area (Å²) < 4.78 is 2.06. The van der Waals surface area contributed by atoms with Gasteiger partial charge in [0.15, 0.2) is 0 Å². The number of aliphatic hydroxyl groups is 1. The first-order valence-corrected chi connectivity index (χ1v) is 8.04. The zero-order chi connectivity index (χ0) is 16.9. The van der Waals surface area contributed by atoms with Gasteiger partial charge in [-0.25, -0.2) is 0 Å². The Hall–Kier alpha value is -2.07. The van der Waals surface area contributed by atoms with Crippen molar-refractivity contribution in [1.29, 1.82) is 0 Å². The maximum Gasteiger partial charge on any atom is 0.244 e. The first-order valence-electron chi connectivity index (χ1n) is 8.04. The molecule has 0 unspecified atom stereocenters. The third kappa shape index (κ3) is 4.70. The second kappa shape index (κ2) is 7.47. The average molecular weight is 314 g/mol. The van der Waals surface area contributed by atoms with Crippen LogP contribution in [0.25, 0.3) is 17.0 Å². The lowest BCUT2D eigenvalue weighted by atomic mass is 9.89. The van der Waals surface area contributed by atoms with Crippen molar-refractivity contribution in [2.24, 2.45) is 12.5 Å². The summed E-state index contributed by atoms with van der Waals surface area (Å²) >= 11 is 0. The van der Waals surface area contributed by atoms with E-state index in [-0.39, 0.29) is 17.9 Å². The van der Waals surface area contributed by atoms with E-state index < -0.39 is 0 Å². The Balaban J connectivity index is 1.88. The van der Waals surface area contributed by atoms with Crippen LogP contribution in [-0.2, 0) is 11.8 Å². The summed E-state index contributed by atoms with van der Waals surface area (Å²) in [6.45, 7) is 4.84. The molecule has 0 bridgehead atoms. The SMILES string of the molecule is Cn1cc(/C=C/C(=O)NCCCC(C)(C)CO)c2ccccc21. The van der Waals surface area contributed by atoms with Gasteiger partial charge in [0.05, 0.1) is 0 Å². The summed E-state index contributed by atoms with van der Waals surface area (Å²) in [5.74, 6) is -0.0836. The maximum atomic E-state index is 11.9. The van der Waals surface area contributed by atoms with E-state index in [1.165, 1.54) is 0 Å². The molecule has 0 radical (unpaired) electrons. The molecule has 0 atom stereocenters. The van der Waals surface area contributed by atoms with E-state index in [9.17, 15) is 9.90 Å². The molecule has 0 saturated heterocycles. The summed E-state index contributed by atoms with van der Waals surface area (Å²) in [6, 6.07) is 8.14. The molecule has 0 aliphatic heterocycles. The fraction of sp³-hybridized carbons (Fsp3) is 0.421. The van der Waals surface area contributed by atoms with Crippen LogP contribution in [0.15, 0.2) is 36.5 Å². The van der Waals surface area contributed by atoms with Crippen molar-refractivity contribution in [3.63, 3.8) is 0 Å². The topological polar surface area (TPSA) is 54.3 Å². The first-order chi connectivity index (χ1) is 10.9. The number of rotatable bonds is 7. The largest absolute Gasteiger partial charge is 0.396 e. The number of benzene rings is 1. The fourth-order valence-electron chi connectivity index (χ4n) is 2.59. The van der Waals surface area contributed by atoms with Gasteiger partial charge in [-0.3, -0.25) is 4.79 Å². The van der Waals surface area contributed by atoms with Crippen molar-refractivity contribution in [3.05, 3.63) is 42.1 Å². The summed E-state index contributed by atoms with van der Waals surface area (Å²) in [7, 11) is 2.00. The molecule has 0 saturated carbocycles. The van der Waals surface area contributed by atoms with Crippen LogP contribution in [0.4, 0.5) is 0 Å². The van der Waals surface area contributed by atoms with Crippen LogP contribution in [-0.4, -0.2) is 28.7 Å². The second-order valence-electron chi connectivity index (χ2n) is 6.76. The van der Waals surface area contributed by atoms with E-state index in [1.807, 2.05) is 45.3 Å². The molecule has 2 N–H and O–H groups in total. The van der Waals surface area contributed by atoms with Crippen molar-refractivity contribution in [2.45, 2.75) is 26.7 Å². The van der Waals surface area contributed by atoms with Gasteiger partial charge in [0.1, 0.15) is 0 Å². The third-order valence-electron chi connectivity index (χ3n) is 4.10. The van der Waals surface area contributed by atoms with Crippen LogP contribution in [0.5, 0.6) is 0 Å². The number of aryl methyl sites for hydroxylation is 1. The van der Waals surface area contributed by atoms with Gasteiger partial charge in [0, 0.05) is 48.9 Å². The summed E-state index contributed by atoms with van der Waals surface area (Å²) in [4.78, 5) is 11.9. The van der Waals surface area contributed by atoms with Crippen LogP contribution in [0.3, 0.4) is 0 Å². The van der Waals surface area contributed by atoms with Gasteiger partial charge < -0.3 is 15.0 Å². The van der Waals surface area contributed by atoms with Crippen LogP contribution in [0.1, 0.15) is 32.3 Å². The minimum Gasteiger partial charge on any atom is -0.396 e. The number of aromatic nitrogens is 1. The number of aliphatic hydroxyl groups excluding tert-OH is 1. The van der Waals surface area contributed by atoms with Gasteiger partial charge in [0.2, 0.25) is 5.91 Å². The van der Waals surface area contributed by atoms with Crippen LogP contribution in [0.2, 0.25) is 0 Å². The minimum absolute atomic E-state index is 0.0798. The Kier molecular flexibility index (Phi) is 5.61. The van der Waals surface area contributed by atoms with Gasteiger partial charge in [-0.05, 0) is 30.4 Å². The highest BCUT2D eigenvalue weighted by Crippen LogP contribution is 2.21. The molecule has 0 fully saturated rings. The van der Waals surface area contributed by atoms with Crippen molar-refractivity contribution < 1.29 is 9.90 Å². The number of nitrogens with one attached hydrogen (secondary N) is 1. The molecule has 124 valence electrons. The molecule has 2 rings (SSSR count). The first kappa shape index (κ1) is 17.3. The van der Waals surface area contributed by atoms with E-state index in [1.54, 1.807) is 6.08 Å². The molecule has 1 aromatic heterocycles. The zero-order valence-corrected chi connectivity index (χ0v) is 14.2. The third-order valence-corrected chi connectivity index (χ3v) is 4.10. The summed E-state index contributed by atoms with van der Waals surface area (Å²) in [6.07, 6.45) is 7.21. The number of carbonyl (C=O) groups excluding carboxylic acids is 1. The van der Waals surface area contributed by atoms with E-state index in [0.29, 0.717) is 6.54 Å². The molecule has 2 aromatic rings. The van der Waals surface area contributed by atoms with Crippen LogP contribution >= 0.6 is 0 Å². The lowest BCUT2D eigenvalue weighted by molar-refractivity contribution is -0.116. The molecule has 4 nitrogen and oxygen atoms in total. The van der Waals surface area contributed by atoms with Crippen molar-refractivity contribution in [1.82, 2.24) is 9.88 Å². The Labute approximate surface area is 137 Å². The number of fused-ring (bicyclic) bond motifs is 1. The highest BCUT2D eigenvalue weighted by atomic mass is 16.3. The lowest BCUT2D eigenvalue weighted by Gasteiger charge is -2.20.